The minimum absolute atomic E-state index is 0.433. The molecule has 20 heteroatoms. The van der Waals surface area contributed by atoms with Crippen LogP contribution in [-0.4, -0.2) is 184 Å². The lowest BCUT2D eigenvalue weighted by molar-refractivity contribution is -0.304. The Labute approximate surface area is 238 Å². The van der Waals surface area contributed by atoms with Gasteiger partial charge in [-0.15, -0.1) is 0 Å². The topological polar surface area (TPSA) is 305 Å². The first kappa shape index (κ1) is 33.5. The molecular formula is C22H37N3O17. The Bertz CT molecular complexity index is 917. The lowest BCUT2D eigenvalue weighted by Gasteiger charge is -2.42. The van der Waals surface area contributed by atoms with Crippen molar-refractivity contribution in [1.29, 1.82) is 0 Å². The molecule has 9 N–H and O–H groups in total. The number of nitrogens with zero attached hydrogens (tertiary/aromatic N) is 3. The molecule has 42 heavy (non-hydrogen) atoms. The van der Waals surface area contributed by atoms with E-state index in [1.54, 1.807) is 0 Å². The minimum atomic E-state index is -1.72. The number of aliphatic hydroxyl groups excluding tert-OH is 9. The maximum Gasteiger partial charge on any atom is 0.187 e. The predicted octanol–water partition coefficient (Wildman–Crippen LogP) is -5.86. The second-order valence-corrected chi connectivity index (χ2v) is 10.1. The maximum atomic E-state index is 10.5. The molecule has 4 fully saturated rings. The Balaban J connectivity index is 1.58. The van der Waals surface area contributed by atoms with Crippen molar-refractivity contribution in [3.63, 3.8) is 0 Å². The second kappa shape index (κ2) is 14.6. The van der Waals surface area contributed by atoms with E-state index in [9.17, 15) is 46.0 Å². The number of azide groups is 1. The Hall–Kier alpha value is -1.37. The Morgan fingerprint density at radius 3 is 1.64 bits per heavy atom. The van der Waals surface area contributed by atoms with Gasteiger partial charge < -0.3 is 83.9 Å². The van der Waals surface area contributed by atoms with Crippen molar-refractivity contribution in [1.82, 2.24) is 0 Å². The Morgan fingerprint density at radius 2 is 1.10 bits per heavy atom. The molecule has 4 rings (SSSR count). The van der Waals surface area contributed by atoms with E-state index in [0.717, 1.165) is 0 Å². The summed E-state index contributed by atoms with van der Waals surface area (Å²) in [6, 6.07) is -1.52. The smallest absolute Gasteiger partial charge is 0.187 e. The molecular weight excluding hydrogens is 578 g/mol. The van der Waals surface area contributed by atoms with Gasteiger partial charge in [0.2, 0.25) is 0 Å². The summed E-state index contributed by atoms with van der Waals surface area (Å²) in [5.41, 5.74) is 9.02. The van der Waals surface area contributed by atoms with Gasteiger partial charge in [0.15, 0.2) is 25.2 Å². The van der Waals surface area contributed by atoms with Gasteiger partial charge in [-0.2, -0.15) is 0 Å². The van der Waals surface area contributed by atoms with Crippen molar-refractivity contribution < 1.29 is 83.9 Å². The van der Waals surface area contributed by atoms with E-state index in [4.69, 9.17) is 43.4 Å². The summed E-state index contributed by atoms with van der Waals surface area (Å²) in [4.78, 5) is 2.65. The number of hydrogen-bond acceptors (Lipinski definition) is 18. The van der Waals surface area contributed by atoms with Crippen molar-refractivity contribution in [2.75, 3.05) is 33.5 Å². The largest absolute Gasteiger partial charge is 0.394 e. The first-order chi connectivity index (χ1) is 20.1. The molecule has 4 aliphatic heterocycles. The molecule has 0 saturated carbocycles. The van der Waals surface area contributed by atoms with Gasteiger partial charge in [0.1, 0.15) is 73.2 Å². The van der Waals surface area contributed by atoms with Gasteiger partial charge in [-0.1, -0.05) is 5.11 Å². The lowest BCUT2D eigenvalue weighted by Crippen LogP contribution is -2.60. The van der Waals surface area contributed by atoms with Crippen molar-refractivity contribution >= 4 is 0 Å². The van der Waals surface area contributed by atoms with E-state index in [0.29, 0.717) is 0 Å². The van der Waals surface area contributed by atoms with Gasteiger partial charge in [-0.25, -0.2) is 0 Å². The van der Waals surface area contributed by atoms with Crippen LogP contribution in [0.4, 0.5) is 0 Å². The highest BCUT2D eigenvalue weighted by Crippen LogP contribution is 2.36. The number of rotatable bonds is 12. The lowest BCUT2D eigenvalue weighted by atomic mass is 9.97. The fourth-order valence-electron chi connectivity index (χ4n) is 5.17. The number of aliphatic hydroxyl groups is 9. The van der Waals surface area contributed by atoms with Crippen LogP contribution in [0.5, 0.6) is 0 Å². The number of ether oxygens (including phenoxy) is 8. The molecule has 0 aromatic heterocycles. The first-order valence-corrected chi connectivity index (χ1v) is 13.1. The SMILES string of the molecule is CO[C@H]1O[C@H](CO[C@H]2O[C@H](CO)[C@@H](O)[C@@H]2O)[C@@H](O[C@H]2O[C@H](CO)[C@@H](O)[C@@H]2O)[C@@H]1O[C@@H]1O[C@H](CO)[C@H](O)[C@H](O)[C@H]1N=[N+]=[N-]. The molecule has 0 aromatic rings. The van der Waals surface area contributed by atoms with Crippen molar-refractivity contribution in [3.8, 4) is 0 Å². The zero-order chi connectivity index (χ0) is 30.7. The monoisotopic (exact) mass is 615 g/mol. The molecule has 20 nitrogen and oxygen atoms in total. The molecule has 0 spiro atoms. The Morgan fingerprint density at radius 1 is 0.619 bits per heavy atom. The first-order valence-electron chi connectivity index (χ1n) is 13.1. The Kier molecular flexibility index (Phi) is 11.7. The third-order valence-corrected chi connectivity index (χ3v) is 7.54. The van der Waals surface area contributed by atoms with Crippen LogP contribution >= 0.6 is 0 Å². The van der Waals surface area contributed by atoms with Crippen LogP contribution in [0.1, 0.15) is 0 Å². The minimum Gasteiger partial charge on any atom is -0.394 e. The van der Waals surface area contributed by atoms with Crippen molar-refractivity contribution in [2.45, 2.75) is 104 Å². The third kappa shape index (κ3) is 6.66. The molecule has 4 heterocycles. The molecule has 17 atom stereocenters. The summed E-state index contributed by atoms with van der Waals surface area (Å²) < 4.78 is 45.0. The van der Waals surface area contributed by atoms with Crippen LogP contribution in [0, 0.1) is 0 Å². The van der Waals surface area contributed by atoms with Crippen molar-refractivity contribution in [3.05, 3.63) is 10.4 Å². The molecule has 4 saturated heterocycles. The van der Waals surface area contributed by atoms with E-state index < -0.39 is 131 Å². The fourth-order valence-corrected chi connectivity index (χ4v) is 5.17. The molecule has 4 aliphatic rings. The normalized spacial score (nSPS) is 49.3. The second-order valence-electron chi connectivity index (χ2n) is 10.1. The summed E-state index contributed by atoms with van der Waals surface area (Å²) in [6.45, 7) is -2.42. The number of hydrogen-bond donors (Lipinski definition) is 9. The zero-order valence-corrected chi connectivity index (χ0v) is 22.3. The molecule has 0 amide bonds. The van der Waals surface area contributed by atoms with Crippen LogP contribution in [-0.2, 0) is 37.9 Å². The molecule has 0 aliphatic carbocycles. The fraction of sp³-hybridized carbons (Fsp3) is 1.00. The third-order valence-electron chi connectivity index (χ3n) is 7.54. The molecule has 0 radical (unpaired) electrons. The van der Waals surface area contributed by atoms with Crippen LogP contribution < -0.4 is 0 Å². The van der Waals surface area contributed by atoms with Crippen molar-refractivity contribution in [2.24, 2.45) is 5.11 Å². The van der Waals surface area contributed by atoms with Gasteiger partial charge in [-0.05, 0) is 5.53 Å². The summed E-state index contributed by atoms with van der Waals surface area (Å²) in [6.07, 6.45) is -22.8. The quantitative estimate of drug-likeness (QED) is 0.0561. The van der Waals surface area contributed by atoms with E-state index in [1.807, 2.05) is 0 Å². The van der Waals surface area contributed by atoms with E-state index in [2.05, 4.69) is 10.0 Å². The zero-order valence-electron chi connectivity index (χ0n) is 22.3. The van der Waals surface area contributed by atoms with Crippen LogP contribution in [0.2, 0.25) is 0 Å². The van der Waals surface area contributed by atoms with Crippen LogP contribution in [0.15, 0.2) is 5.11 Å². The summed E-state index contributed by atoms with van der Waals surface area (Å²) >= 11 is 0. The summed E-state index contributed by atoms with van der Waals surface area (Å²) in [7, 11) is 1.24. The highest BCUT2D eigenvalue weighted by atomic mass is 16.8. The summed E-state index contributed by atoms with van der Waals surface area (Å²) in [5.74, 6) is 0. The van der Waals surface area contributed by atoms with Gasteiger partial charge in [0, 0.05) is 12.0 Å². The molecule has 0 bridgehead atoms. The van der Waals surface area contributed by atoms with E-state index >= 15 is 0 Å². The van der Waals surface area contributed by atoms with E-state index in [1.165, 1.54) is 7.11 Å². The predicted molar refractivity (Wildman–Crippen MR) is 128 cm³/mol. The van der Waals surface area contributed by atoms with Gasteiger partial charge >= 0.3 is 0 Å². The average Bonchev–Trinajstić information content (AvgIpc) is 3.57. The molecule has 0 unspecified atom stereocenters. The van der Waals surface area contributed by atoms with Gasteiger partial charge in [-0.3, -0.25) is 0 Å². The molecule has 0 aromatic carbocycles. The van der Waals surface area contributed by atoms with Gasteiger partial charge in [0.25, 0.3) is 0 Å². The standard InChI is InChI=1S/C22H37N3O17/c1-35-22-18(42-19-10(24-25-23)14(32)11(29)6(2-26)37-19)17(41-21-16(34)13(31)8(4-28)39-21)9(40-22)5-36-20-15(33)12(30)7(3-27)38-20/h6-22,26-34H,2-5H2,1H3/t6-,7-,8-,9-,10-,11+,12-,13-,14-,15+,16+,17-,18+,19+,20+,21-,22+/m1/s1. The van der Waals surface area contributed by atoms with Crippen LogP contribution in [0.25, 0.3) is 10.4 Å². The highest BCUT2D eigenvalue weighted by molar-refractivity contribution is 4.98. The average molecular weight is 616 g/mol. The number of methoxy groups -OCH3 is 1. The highest BCUT2D eigenvalue weighted by Gasteiger charge is 2.55. The van der Waals surface area contributed by atoms with E-state index in [-0.39, 0.29) is 0 Å². The molecule has 242 valence electrons. The maximum absolute atomic E-state index is 10.5. The van der Waals surface area contributed by atoms with Crippen LogP contribution in [0.3, 0.4) is 0 Å². The van der Waals surface area contributed by atoms with Gasteiger partial charge in [0.05, 0.1) is 32.5 Å². The summed E-state index contributed by atoms with van der Waals surface area (Å²) in [5, 5.41) is 93.5.